The van der Waals surface area contributed by atoms with Gasteiger partial charge in [0.2, 0.25) is 0 Å². The summed E-state index contributed by atoms with van der Waals surface area (Å²) in [5, 5.41) is 4.99. The summed E-state index contributed by atoms with van der Waals surface area (Å²) >= 11 is 1.40. The minimum absolute atomic E-state index is 0.219. The molecular formula is C22H18N2O4S. The van der Waals surface area contributed by atoms with Crippen molar-refractivity contribution in [2.24, 2.45) is 0 Å². The lowest BCUT2D eigenvalue weighted by atomic mass is 10.2. The second-order valence-electron chi connectivity index (χ2n) is 6.20. The number of amides is 2. The normalized spacial score (nSPS) is 13.8. The van der Waals surface area contributed by atoms with Gasteiger partial charge in [0.05, 0.1) is 25.5 Å². The van der Waals surface area contributed by atoms with Gasteiger partial charge in [-0.3, -0.25) is 9.59 Å². The van der Waals surface area contributed by atoms with E-state index in [4.69, 9.17) is 9.47 Å². The van der Waals surface area contributed by atoms with Gasteiger partial charge in [-0.15, -0.1) is 11.3 Å². The van der Waals surface area contributed by atoms with Crippen LogP contribution in [0.3, 0.4) is 0 Å². The number of ether oxygens (including phenoxy) is 2. The van der Waals surface area contributed by atoms with E-state index in [0.717, 1.165) is 4.90 Å². The first kappa shape index (κ1) is 18.8. The average Bonchev–Trinajstić information content (AvgIpc) is 3.35. The van der Waals surface area contributed by atoms with E-state index in [0.29, 0.717) is 33.3 Å². The van der Waals surface area contributed by atoms with Crippen LogP contribution >= 0.6 is 11.3 Å². The summed E-state index contributed by atoms with van der Waals surface area (Å²) < 4.78 is 10.6. The van der Waals surface area contributed by atoms with Crippen LogP contribution in [0.1, 0.15) is 4.88 Å². The Morgan fingerprint density at radius 2 is 1.72 bits per heavy atom. The van der Waals surface area contributed by atoms with E-state index in [2.05, 4.69) is 5.32 Å². The maximum absolute atomic E-state index is 13.4. The number of carbonyl (C=O) groups is 2. The maximum Gasteiger partial charge on any atom is 0.282 e. The molecule has 29 heavy (non-hydrogen) atoms. The van der Waals surface area contributed by atoms with Crippen LogP contribution in [-0.4, -0.2) is 26.0 Å². The Labute approximate surface area is 172 Å². The second-order valence-corrected chi connectivity index (χ2v) is 7.15. The highest BCUT2D eigenvalue weighted by atomic mass is 32.1. The summed E-state index contributed by atoms with van der Waals surface area (Å²) in [6, 6.07) is 17.8. The molecule has 2 aromatic carbocycles. The van der Waals surface area contributed by atoms with Gasteiger partial charge in [-0.1, -0.05) is 24.3 Å². The largest absolute Gasteiger partial charge is 0.497 e. The first-order valence-corrected chi connectivity index (χ1v) is 9.73. The Morgan fingerprint density at radius 1 is 0.897 bits per heavy atom. The lowest BCUT2D eigenvalue weighted by Crippen LogP contribution is -2.32. The average molecular weight is 406 g/mol. The molecule has 1 aromatic heterocycles. The molecule has 0 spiro atoms. The Morgan fingerprint density at radius 3 is 2.45 bits per heavy atom. The zero-order chi connectivity index (χ0) is 20.4. The third-order valence-electron chi connectivity index (χ3n) is 4.52. The zero-order valence-corrected chi connectivity index (χ0v) is 16.7. The number of thiophene rings is 1. The molecular weight excluding hydrogens is 388 g/mol. The van der Waals surface area contributed by atoms with Gasteiger partial charge in [0.25, 0.3) is 11.8 Å². The number of rotatable bonds is 6. The lowest BCUT2D eigenvalue weighted by molar-refractivity contribution is -0.120. The van der Waals surface area contributed by atoms with Crippen LogP contribution < -0.4 is 19.7 Å². The van der Waals surface area contributed by atoms with Gasteiger partial charge in [-0.05, 0) is 35.7 Å². The minimum Gasteiger partial charge on any atom is -0.497 e. The van der Waals surface area contributed by atoms with E-state index in [1.54, 1.807) is 37.4 Å². The number of anilines is 2. The fraction of sp³-hybridized carbons (Fsp3) is 0.0909. The van der Waals surface area contributed by atoms with Gasteiger partial charge in [0.1, 0.15) is 17.2 Å². The molecule has 3 aromatic rings. The zero-order valence-electron chi connectivity index (χ0n) is 15.8. The van der Waals surface area contributed by atoms with Gasteiger partial charge < -0.3 is 14.8 Å². The van der Waals surface area contributed by atoms with Gasteiger partial charge >= 0.3 is 0 Å². The Bertz CT molecular complexity index is 1110. The van der Waals surface area contributed by atoms with Crippen LogP contribution in [0.15, 0.2) is 71.7 Å². The van der Waals surface area contributed by atoms with E-state index >= 15 is 0 Å². The first-order valence-electron chi connectivity index (χ1n) is 8.85. The van der Waals surface area contributed by atoms with Crippen molar-refractivity contribution < 1.29 is 19.1 Å². The van der Waals surface area contributed by atoms with Crippen molar-refractivity contribution in [3.63, 3.8) is 0 Å². The Hall–Kier alpha value is -3.58. The van der Waals surface area contributed by atoms with Gasteiger partial charge in [0, 0.05) is 16.6 Å². The molecule has 2 amide bonds. The third-order valence-corrected chi connectivity index (χ3v) is 5.40. The highest BCUT2D eigenvalue weighted by molar-refractivity contribution is 7.11. The summed E-state index contributed by atoms with van der Waals surface area (Å²) in [7, 11) is 3.08. The number of imide groups is 1. The van der Waals surface area contributed by atoms with E-state index < -0.39 is 11.8 Å². The molecule has 1 aliphatic rings. The fourth-order valence-electron chi connectivity index (χ4n) is 3.17. The van der Waals surface area contributed by atoms with Crippen molar-refractivity contribution in [2.45, 2.75) is 0 Å². The number of hydrogen-bond donors (Lipinski definition) is 1. The molecule has 7 heteroatoms. The van der Waals surface area contributed by atoms with Gasteiger partial charge in [0.15, 0.2) is 0 Å². The Kier molecular flexibility index (Phi) is 5.05. The molecule has 1 N–H and O–H groups in total. The predicted octanol–water partition coefficient (Wildman–Crippen LogP) is 4.16. The first-order chi connectivity index (χ1) is 14.1. The summed E-state index contributed by atoms with van der Waals surface area (Å²) in [4.78, 5) is 28.6. The number of para-hydroxylation sites is 2. The monoisotopic (exact) mass is 406 g/mol. The van der Waals surface area contributed by atoms with Crippen molar-refractivity contribution in [1.29, 1.82) is 0 Å². The number of methoxy groups -OCH3 is 2. The molecule has 4 rings (SSSR count). The maximum atomic E-state index is 13.4. The summed E-state index contributed by atoms with van der Waals surface area (Å²) in [6.45, 7) is 0. The molecule has 0 saturated heterocycles. The predicted molar refractivity (Wildman–Crippen MR) is 113 cm³/mol. The van der Waals surface area contributed by atoms with Crippen LogP contribution in [0, 0.1) is 0 Å². The van der Waals surface area contributed by atoms with Crippen LogP contribution in [0.5, 0.6) is 11.5 Å². The lowest BCUT2D eigenvalue weighted by Gasteiger charge is -2.18. The molecule has 6 nitrogen and oxygen atoms in total. The fourth-order valence-corrected chi connectivity index (χ4v) is 3.94. The third kappa shape index (κ3) is 3.36. The van der Waals surface area contributed by atoms with Gasteiger partial charge in [-0.2, -0.15) is 0 Å². The summed E-state index contributed by atoms with van der Waals surface area (Å²) in [5.74, 6) is 0.257. The quantitative estimate of drug-likeness (QED) is 0.623. The van der Waals surface area contributed by atoms with Crippen molar-refractivity contribution in [1.82, 2.24) is 0 Å². The molecule has 0 atom stereocenters. The topological polar surface area (TPSA) is 67.9 Å². The smallest absolute Gasteiger partial charge is 0.282 e. The van der Waals surface area contributed by atoms with Crippen molar-refractivity contribution in [2.75, 3.05) is 24.4 Å². The molecule has 0 unspecified atom stereocenters. The minimum atomic E-state index is -0.439. The highest BCUT2D eigenvalue weighted by Gasteiger charge is 2.41. The molecule has 0 fully saturated rings. The summed E-state index contributed by atoms with van der Waals surface area (Å²) in [5.41, 5.74) is 1.60. The number of carbonyl (C=O) groups excluding carboxylic acids is 2. The molecule has 0 radical (unpaired) electrons. The molecule has 0 aliphatic carbocycles. The number of nitrogens with one attached hydrogen (secondary N) is 1. The van der Waals surface area contributed by atoms with Crippen LogP contribution in [0.25, 0.3) is 5.57 Å². The van der Waals surface area contributed by atoms with Crippen LogP contribution in [0.4, 0.5) is 11.4 Å². The molecule has 2 heterocycles. The molecule has 146 valence electrons. The molecule has 0 bridgehead atoms. The molecule has 0 saturated carbocycles. The van der Waals surface area contributed by atoms with Crippen LogP contribution in [-0.2, 0) is 9.59 Å². The number of nitrogens with zero attached hydrogens (tertiary/aromatic N) is 1. The second kappa shape index (κ2) is 7.81. The number of hydrogen-bond acceptors (Lipinski definition) is 6. The van der Waals surface area contributed by atoms with Crippen molar-refractivity contribution >= 4 is 40.1 Å². The highest BCUT2D eigenvalue weighted by Crippen LogP contribution is 2.38. The molecule has 1 aliphatic heterocycles. The summed E-state index contributed by atoms with van der Waals surface area (Å²) in [6.07, 6.45) is 0. The van der Waals surface area contributed by atoms with Crippen molar-refractivity contribution in [3.05, 3.63) is 76.6 Å². The van der Waals surface area contributed by atoms with Crippen LogP contribution in [0.2, 0.25) is 0 Å². The van der Waals surface area contributed by atoms with E-state index in [-0.39, 0.29) is 5.70 Å². The SMILES string of the molecule is COc1cccc(NC2=C(c3cccs3)C(=O)N(c3ccccc3OC)C2=O)c1. The number of benzene rings is 2. The van der Waals surface area contributed by atoms with Crippen molar-refractivity contribution in [3.8, 4) is 11.5 Å². The Balaban J connectivity index is 1.81. The van der Waals surface area contributed by atoms with Gasteiger partial charge in [-0.25, -0.2) is 4.90 Å². The van der Waals surface area contributed by atoms with E-state index in [1.165, 1.54) is 18.4 Å². The standard InChI is InChI=1S/C22H18N2O4S/c1-27-15-8-5-7-14(13-15)23-20-19(18-11-6-12-29-18)21(25)24(22(20)26)16-9-3-4-10-17(16)28-2/h3-13,23H,1-2H3. The van der Waals surface area contributed by atoms with E-state index in [1.807, 2.05) is 35.7 Å². The van der Waals surface area contributed by atoms with E-state index in [9.17, 15) is 9.59 Å².